The van der Waals surface area contributed by atoms with Gasteiger partial charge >= 0.3 is 123 Å². The second kappa shape index (κ2) is 13.4. The van der Waals surface area contributed by atoms with Gasteiger partial charge in [-0.25, -0.2) is 0 Å². The molecule has 36 heavy (non-hydrogen) atoms. The number of allylic oxidation sites excluding steroid dienone is 1. The number of aliphatic hydroxyl groups is 1. The number of hydrogen-bond donors (Lipinski definition) is 1. The monoisotopic (exact) mass is 663 g/mol. The molecule has 175 valence electrons. The number of carbonyl (C=O) groups excluding carboxylic acids is 1. The van der Waals surface area contributed by atoms with Gasteiger partial charge in [0.25, 0.3) is 0 Å². The minimum absolute atomic E-state index is 0.0144. The van der Waals surface area contributed by atoms with Gasteiger partial charge in [-0.15, -0.1) is 0 Å². The average Bonchev–Trinajstić information content (AvgIpc) is 2.96. The molecule has 0 saturated carbocycles. The molecule has 5 aromatic rings. The van der Waals surface area contributed by atoms with E-state index in [2.05, 4.69) is 91.0 Å². The molecule has 0 heterocycles. The summed E-state index contributed by atoms with van der Waals surface area (Å²) in [5.74, 6) is -0.216. The first-order valence-corrected chi connectivity index (χ1v) is 17.6. The molecule has 5 aromatic carbocycles. The van der Waals surface area contributed by atoms with Gasteiger partial charge in [-0.05, 0) is 0 Å². The fraction of sp³-hybridized carbons (Fsp3) is 0. The second-order valence-electron chi connectivity index (χ2n) is 8.10. The summed E-state index contributed by atoms with van der Waals surface area (Å²) in [5.41, 5.74) is 1.20. The topological polar surface area (TPSA) is 37.3 Å². The molecular weight excluding hydrogens is 636 g/mol. The van der Waals surface area contributed by atoms with E-state index in [4.69, 9.17) is 0 Å². The van der Waals surface area contributed by atoms with E-state index >= 15 is 0 Å². The molecule has 0 aromatic heterocycles. The molecule has 0 aliphatic carbocycles. The third-order valence-corrected chi connectivity index (χ3v) is 16.2. The molecule has 0 spiro atoms. The standard InChI is InChI=1S/C15H12O2.3C6H5.Pb/c16-14(12-7-3-1-4-8-12)11-15(17)13-9-5-2-6-10-13;3*1-2-4-6-5-3-1;/h1-11,16H;3*1-5H;/b14-11-;;;;. The SMILES string of the molecule is O=C(/C=C(\O)c1ccccc1)c1ccccc1.c1cc[c]([Pb]([c]2ccccc2)[c]2ccccc2)cc1. The molecule has 2 nitrogen and oxygen atoms in total. The summed E-state index contributed by atoms with van der Waals surface area (Å²) in [5, 5.41) is 9.79. The van der Waals surface area contributed by atoms with E-state index in [9.17, 15) is 9.90 Å². The van der Waals surface area contributed by atoms with Crippen LogP contribution in [0.2, 0.25) is 0 Å². The Bertz CT molecular complexity index is 1270. The van der Waals surface area contributed by atoms with E-state index in [1.165, 1.54) is 6.08 Å². The molecule has 1 N–H and O–H groups in total. The normalized spacial score (nSPS) is 10.9. The van der Waals surface area contributed by atoms with Crippen LogP contribution in [0.4, 0.5) is 0 Å². The molecule has 0 atom stereocenters. The number of ketones is 1. The molecule has 0 bridgehead atoms. The molecule has 0 aliphatic heterocycles. The molecule has 1 radical (unpaired) electrons. The summed E-state index contributed by atoms with van der Waals surface area (Å²) in [6.07, 6.45) is 1.24. The van der Waals surface area contributed by atoms with Gasteiger partial charge in [0.15, 0.2) is 5.78 Å². The van der Waals surface area contributed by atoms with Crippen LogP contribution in [0.1, 0.15) is 15.9 Å². The van der Waals surface area contributed by atoms with Crippen LogP contribution in [0, 0.1) is 0 Å². The first-order chi connectivity index (χ1) is 17.7. The second-order valence-corrected chi connectivity index (χ2v) is 17.7. The fourth-order valence-corrected chi connectivity index (χ4v) is 13.8. The maximum atomic E-state index is 11.8. The van der Waals surface area contributed by atoms with Gasteiger partial charge in [-0.2, -0.15) is 0 Å². The Morgan fingerprint density at radius 1 is 0.472 bits per heavy atom. The summed E-state index contributed by atoms with van der Waals surface area (Å²) < 4.78 is 4.64. The Labute approximate surface area is 221 Å². The van der Waals surface area contributed by atoms with Gasteiger partial charge in [0, 0.05) is 17.2 Å². The first kappa shape index (κ1) is 25.3. The van der Waals surface area contributed by atoms with Crippen molar-refractivity contribution in [1.29, 1.82) is 0 Å². The summed E-state index contributed by atoms with van der Waals surface area (Å²) in [7, 11) is 0. The van der Waals surface area contributed by atoms with Gasteiger partial charge in [-0.1, -0.05) is 60.7 Å². The van der Waals surface area contributed by atoms with Crippen molar-refractivity contribution in [3.05, 3.63) is 169 Å². The summed E-state index contributed by atoms with van der Waals surface area (Å²) in [4.78, 5) is 11.8. The Morgan fingerprint density at radius 3 is 1.14 bits per heavy atom. The van der Waals surface area contributed by atoms with Crippen LogP contribution in [-0.2, 0) is 0 Å². The van der Waals surface area contributed by atoms with Crippen LogP contribution in [0.3, 0.4) is 0 Å². The Morgan fingerprint density at radius 2 is 0.778 bits per heavy atom. The van der Waals surface area contributed by atoms with Gasteiger partial charge < -0.3 is 5.11 Å². The van der Waals surface area contributed by atoms with Crippen molar-refractivity contribution in [1.82, 2.24) is 0 Å². The van der Waals surface area contributed by atoms with Crippen molar-refractivity contribution in [2.75, 3.05) is 0 Å². The summed E-state index contributed by atoms with van der Waals surface area (Å²) in [6.45, 7) is 0. The molecular formula is C33H27O2Pb. The predicted molar refractivity (Wildman–Crippen MR) is 152 cm³/mol. The zero-order chi connectivity index (χ0) is 25.0. The third-order valence-electron chi connectivity index (χ3n) is 5.58. The molecule has 0 fully saturated rings. The number of rotatable bonds is 6. The summed E-state index contributed by atoms with van der Waals surface area (Å²) >= 11 is -2.17. The molecule has 0 saturated heterocycles. The number of aliphatic hydroxyl groups excluding tert-OH is 1. The predicted octanol–water partition coefficient (Wildman–Crippen LogP) is 5.67. The van der Waals surface area contributed by atoms with Crippen molar-refractivity contribution in [3.63, 3.8) is 0 Å². The van der Waals surface area contributed by atoms with Crippen molar-refractivity contribution >= 4 is 43.6 Å². The number of benzene rings is 5. The quantitative estimate of drug-likeness (QED) is 0.110. The van der Waals surface area contributed by atoms with Crippen LogP contribution in [0.15, 0.2) is 158 Å². The van der Waals surface area contributed by atoms with E-state index in [-0.39, 0.29) is 11.5 Å². The molecule has 3 heteroatoms. The Kier molecular flexibility index (Phi) is 9.40. The van der Waals surface area contributed by atoms with E-state index in [1.54, 1.807) is 45.8 Å². The van der Waals surface area contributed by atoms with Crippen LogP contribution < -0.4 is 9.37 Å². The average molecular weight is 663 g/mol. The first-order valence-electron chi connectivity index (χ1n) is 11.8. The zero-order valence-corrected chi connectivity index (χ0v) is 23.8. The Hall–Kier alpha value is -3.77. The maximum absolute atomic E-state index is 11.8. The van der Waals surface area contributed by atoms with Gasteiger partial charge in [0.2, 0.25) is 0 Å². The van der Waals surface area contributed by atoms with Gasteiger partial charge in [-0.3, -0.25) is 4.79 Å². The molecule has 0 amide bonds. The van der Waals surface area contributed by atoms with E-state index in [1.807, 2.05) is 24.3 Å². The van der Waals surface area contributed by atoms with Crippen molar-refractivity contribution in [2.45, 2.75) is 0 Å². The van der Waals surface area contributed by atoms with Crippen molar-refractivity contribution in [2.24, 2.45) is 0 Å². The van der Waals surface area contributed by atoms with Gasteiger partial charge in [0.05, 0.1) is 0 Å². The Balaban J connectivity index is 0.000000170. The minimum atomic E-state index is -2.17. The fourth-order valence-electron chi connectivity index (χ4n) is 3.82. The van der Waals surface area contributed by atoms with Crippen LogP contribution >= 0.6 is 0 Å². The number of carbonyl (C=O) groups is 1. The van der Waals surface area contributed by atoms with E-state index in [0.717, 1.165) is 0 Å². The zero-order valence-electron chi connectivity index (χ0n) is 19.9. The molecule has 0 aliphatic rings. The molecule has 0 unspecified atom stereocenters. The third kappa shape index (κ3) is 7.12. The van der Waals surface area contributed by atoms with E-state index in [0.29, 0.717) is 11.1 Å². The summed E-state index contributed by atoms with van der Waals surface area (Å²) in [6, 6.07) is 50.9. The van der Waals surface area contributed by atoms with Gasteiger partial charge in [0.1, 0.15) is 5.76 Å². The van der Waals surface area contributed by atoms with E-state index < -0.39 is 22.7 Å². The van der Waals surface area contributed by atoms with Crippen LogP contribution in [-0.4, -0.2) is 33.6 Å². The van der Waals surface area contributed by atoms with Crippen LogP contribution in [0.5, 0.6) is 0 Å². The molecule has 5 rings (SSSR count). The van der Waals surface area contributed by atoms with Crippen molar-refractivity contribution < 1.29 is 9.90 Å². The number of hydrogen-bond acceptors (Lipinski definition) is 2. The van der Waals surface area contributed by atoms with Crippen LogP contribution in [0.25, 0.3) is 5.76 Å². The van der Waals surface area contributed by atoms with Crippen molar-refractivity contribution in [3.8, 4) is 0 Å².